The van der Waals surface area contributed by atoms with Gasteiger partial charge in [0.1, 0.15) is 5.75 Å². The minimum Gasteiger partial charge on any atom is -0.493 e. The summed E-state index contributed by atoms with van der Waals surface area (Å²) < 4.78 is 5.64. The lowest BCUT2D eigenvalue weighted by Crippen LogP contribution is -2.41. The van der Waals surface area contributed by atoms with Gasteiger partial charge in [0.05, 0.1) is 13.0 Å². The highest BCUT2D eigenvalue weighted by atomic mass is 16.5. The van der Waals surface area contributed by atoms with E-state index in [9.17, 15) is 9.59 Å². The summed E-state index contributed by atoms with van der Waals surface area (Å²) in [6, 6.07) is 13.6. The van der Waals surface area contributed by atoms with E-state index in [1.807, 2.05) is 47.4 Å². The van der Waals surface area contributed by atoms with Gasteiger partial charge >= 0.3 is 0 Å². The summed E-state index contributed by atoms with van der Waals surface area (Å²) in [6.45, 7) is 2.60. The van der Waals surface area contributed by atoms with E-state index in [-0.39, 0.29) is 23.1 Å². The number of nitrogens with one attached hydrogen (secondary N) is 1. The van der Waals surface area contributed by atoms with Gasteiger partial charge in [-0.25, -0.2) is 0 Å². The Bertz CT molecular complexity index is 864. The van der Waals surface area contributed by atoms with Crippen molar-refractivity contribution < 1.29 is 14.3 Å². The molecular formula is C25H31N3O3. The fraction of sp³-hybridized carbons (Fsp3) is 0.480. The average Bonchev–Trinajstić information content (AvgIpc) is 3.51. The van der Waals surface area contributed by atoms with Crippen LogP contribution in [-0.4, -0.2) is 47.9 Å². The summed E-state index contributed by atoms with van der Waals surface area (Å²) in [4.78, 5) is 31.0. The van der Waals surface area contributed by atoms with Gasteiger partial charge in [-0.3, -0.25) is 14.6 Å². The molecule has 1 N–H and O–H groups in total. The molecule has 1 aromatic carbocycles. The zero-order valence-corrected chi connectivity index (χ0v) is 18.0. The number of amides is 2. The molecule has 2 aromatic rings. The summed E-state index contributed by atoms with van der Waals surface area (Å²) in [5, 5.41) is 3.11. The third kappa shape index (κ3) is 5.63. The lowest BCUT2D eigenvalue weighted by atomic mass is 9.90. The summed E-state index contributed by atoms with van der Waals surface area (Å²) in [5.41, 5.74) is 1.37. The molecule has 2 aliphatic rings. The van der Waals surface area contributed by atoms with Crippen LogP contribution in [0.2, 0.25) is 0 Å². The van der Waals surface area contributed by atoms with Gasteiger partial charge in [0.2, 0.25) is 11.8 Å². The largest absolute Gasteiger partial charge is 0.493 e. The Balaban J connectivity index is 1.12. The van der Waals surface area contributed by atoms with Gasteiger partial charge in [-0.05, 0) is 67.3 Å². The van der Waals surface area contributed by atoms with E-state index in [4.69, 9.17) is 4.74 Å². The second kappa shape index (κ2) is 9.94. The summed E-state index contributed by atoms with van der Waals surface area (Å²) in [5.74, 6) is 1.24. The van der Waals surface area contributed by atoms with Crippen LogP contribution in [0.4, 0.5) is 0 Å². The number of ether oxygens (including phenoxy) is 1. The van der Waals surface area contributed by atoms with Crippen LogP contribution < -0.4 is 10.1 Å². The number of nitrogens with zero attached hydrogens (tertiary/aromatic N) is 2. The topological polar surface area (TPSA) is 71.5 Å². The van der Waals surface area contributed by atoms with Crippen LogP contribution in [0.5, 0.6) is 5.75 Å². The molecule has 31 heavy (non-hydrogen) atoms. The predicted octanol–water partition coefficient (Wildman–Crippen LogP) is 3.23. The zero-order valence-electron chi connectivity index (χ0n) is 18.0. The Morgan fingerprint density at radius 1 is 1.10 bits per heavy atom. The first kappa shape index (κ1) is 21.3. The Labute approximate surface area is 184 Å². The SMILES string of the molecule is O=C(NCCCc1ccncc1)[C@H]1CC12CCN(C(=O)CCOc1ccccc1)CC2. The second-order valence-electron chi connectivity index (χ2n) is 8.66. The number of carbonyl (C=O) groups is 2. The highest BCUT2D eigenvalue weighted by molar-refractivity contribution is 5.82. The minimum absolute atomic E-state index is 0.118. The number of piperidine rings is 1. The number of benzene rings is 1. The molecule has 2 fully saturated rings. The summed E-state index contributed by atoms with van der Waals surface area (Å²) in [6.07, 6.45) is 8.68. The van der Waals surface area contributed by atoms with Gasteiger partial charge in [-0.2, -0.15) is 0 Å². The fourth-order valence-corrected chi connectivity index (χ4v) is 4.58. The van der Waals surface area contributed by atoms with E-state index in [0.717, 1.165) is 50.9 Å². The van der Waals surface area contributed by atoms with E-state index < -0.39 is 0 Å². The van der Waals surface area contributed by atoms with Crippen molar-refractivity contribution in [1.82, 2.24) is 15.2 Å². The molecule has 0 unspecified atom stereocenters. The molecule has 6 heteroatoms. The smallest absolute Gasteiger partial charge is 0.225 e. The molecular weight excluding hydrogens is 390 g/mol. The molecule has 2 heterocycles. The molecule has 0 radical (unpaired) electrons. The maximum Gasteiger partial charge on any atom is 0.225 e. The molecule has 0 bridgehead atoms. The molecule has 1 saturated heterocycles. The van der Waals surface area contributed by atoms with Gasteiger partial charge in [0, 0.05) is 37.9 Å². The number of aryl methyl sites for hydroxylation is 1. The normalized spacial score (nSPS) is 19.1. The number of hydrogen-bond donors (Lipinski definition) is 1. The quantitative estimate of drug-likeness (QED) is 0.631. The van der Waals surface area contributed by atoms with Crippen LogP contribution in [0, 0.1) is 11.3 Å². The maximum absolute atomic E-state index is 12.6. The zero-order chi connectivity index (χ0) is 21.5. The number of carbonyl (C=O) groups excluding carboxylic acids is 2. The molecule has 1 spiro atoms. The van der Waals surface area contributed by atoms with Gasteiger partial charge in [0.25, 0.3) is 0 Å². The van der Waals surface area contributed by atoms with Crippen molar-refractivity contribution in [2.24, 2.45) is 11.3 Å². The molecule has 2 amide bonds. The average molecular weight is 422 g/mol. The maximum atomic E-state index is 12.6. The number of pyridine rings is 1. The third-order valence-corrected chi connectivity index (χ3v) is 6.64. The minimum atomic E-state index is 0.118. The van der Waals surface area contributed by atoms with E-state index in [1.54, 1.807) is 12.4 Å². The highest BCUT2D eigenvalue weighted by Gasteiger charge is 2.58. The first-order valence-corrected chi connectivity index (χ1v) is 11.3. The van der Waals surface area contributed by atoms with Crippen molar-refractivity contribution >= 4 is 11.8 Å². The van der Waals surface area contributed by atoms with Gasteiger partial charge in [-0.1, -0.05) is 18.2 Å². The van der Waals surface area contributed by atoms with Crippen LogP contribution in [0.3, 0.4) is 0 Å². The second-order valence-corrected chi connectivity index (χ2v) is 8.66. The molecule has 1 aromatic heterocycles. The first-order chi connectivity index (χ1) is 15.2. The van der Waals surface area contributed by atoms with Crippen molar-refractivity contribution in [3.05, 3.63) is 60.4 Å². The molecule has 1 atom stereocenters. The van der Waals surface area contributed by atoms with E-state index in [1.165, 1.54) is 5.56 Å². The molecule has 6 nitrogen and oxygen atoms in total. The Morgan fingerprint density at radius 3 is 2.58 bits per heavy atom. The lowest BCUT2D eigenvalue weighted by molar-refractivity contribution is -0.133. The monoisotopic (exact) mass is 421 g/mol. The molecule has 1 aliphatic carbocycles. The fourth-order valence-electron chi connectivity index (χ4n) is 4.58. The number of aromatic nitrogens is 1. The first-order valence-electron chi connectivity index (χ1n) is 11.3. The molecule has 4 rings (SSSR count). The van der Waals surface area contributed by atoms with Crippen molar-refractivity contribution in [3.8, 4) is 5.75 Å². The van der Waals surface area contributed by atoms with Crippen molar-refractivity contribution in [3.63, 3.8) is 0 Å². The number of rotatable bonds is 9. The van der Waals surface area contributed by atoms with Crippen LogP contribution in [0.1, 0.15) is 37.7 Å². The molecule has 1 aliphatic heterocycles. The molecule has 164 valence electrons. The van der Waals surface area contributed by atoms with E-state index >= 15 is 0 Å². The van der Waals surface area contributed by atoms with Crippen molar-refractivity contribution in [1.29, 1.82) is 0 Å². The lowest BCUT2D eigenvalue weighted by Gasteiger charge is -2.33. The third-order valence-electron chi connectivity index (χ3n) is 6.64. The van der Waals surface area contributed by atoms with Gasteiger partial charge in [0.15, 0.2) is 0 Å². The Kier molecular flexibility index (Phi) is 6.85. The molecule has 1 saturated carbocycles. The van der Waals surface area contributed by atoms with Crippen LogP contribution in [-0.2, 0) is 16.0 Å². The van der Waals surface area contributed by atoms with E-state index in [0.29, 0.717) is 19.6 Å². The van der Waals surface area contributed by atoms with Crippen LogP contribution in [0.25, 0.3) is 0 Å². The van der Waals surface area contributed by atoms with Gasteiger partial charge < -0.3 is 15.0 Å². The Morgan fingerprint density at radius 2 is 1.84 bits per heavy atom. The van der Waals surface area contributed by atoms with Crippen LogP contribution in [0.15, 0.2) is 54.9 Å². The van der Waals surface area contributed by atoms with E-state index in [2.05, 4.69) is 10.3 Å². The Hall–Kier alpha value is -2.89. The standard InChI is InChI=1S/C25H31N3O3/c29-23(10-18-31-21-6-2-1-3-7-21)28-16-11-25(12-17-28)19-22(25)24(30)27-13-4-5-20-8-14-26-15-9-20/h1-3,6-9,14-15,22H,4-5,10-13,16-19H2,(H,27,30)/t22-/m1/s1. The summed E-state index contributed by atoms with van der Waals surface area (Å²) >= 11 is 0. The number of para-hydroxylation sites is 1. The van der Waals surface area contributed by atoms with Crippen molar-refractivity contribution in [2.75, 3.05) is 26.2 Å². The van der Waals surface area contributed by atoms with Crippen LogP contribution >= 0.6 is 0 Å². The highest BCUT2D eigenvalue weighted by Crippen LogP contribution is 2.59. The number of likely N-dealkylation sites (tertiary alicyclic amines) is 1. The number of hydrogen-bond acceptors (Lipinski definition) is 4. The summed E-state index contributed by atoms with van der Waals surface area (Å²) in [7, 11) is 0. The predicted molar refractivity (Wildman–Crippen MR) is 118 cm³/mol. The van der Waals surface area contributed by atoms with Crippen molar-refractivity contribution in [2.45, 2.75) is 38.5 Å². The van der Waals surface area contributed by atoms with Gasteiger partial charge in [-0.15, -0.1) is 0 Å².